The van der Waals surface area contributed by atoms with E-state index in [0.717, 1.165) is 5.56 Å². The predicted molar refractivity (Wildman–Crippen MR) is 78.9 cm³/mol. The Morgan fingerprint density at radius 2 is 2.24 bits per heavy atom. The quantitative estimate of drug-likeness (QED) is 0.649. The third kappa shape index (κ3) is 3.34. The second-order valence-corrected chi connectivity index (χ2v) is 5.41. The molecule has 21 heavy (non-hydrogen) atoms. The molecule has 0 saturated heterocycles. The van der Waals surface area contributed by atoms with Crippen LogP contribution in [0, 0.1) is 17.0 Å². The minimum atomic E-state index is -1.09. The fourth-order valence-corrected chi connectivity index (χ4v) is 2.60. The van der Waals surface area contributed by atoms with Gasteiger partial charge in [-0.25, -0.2) is 9.78 Å². The lowest BCUT2D eigenvalue weighted by molar-refractivity contribution is -0.384. The number of nitro benzene ring substituents is 1. The van der Waals surface area contributed by atoms with E-state index in [0.29, 0.717) is 10.7 Å². The first-order valence-electron chi connectivity index (χ1n) is 6.08. The van der Waals surface area contributed by atoms with Crippen LogP contribution in [0.1, 0.15) is 34.0 Å². The van der Waals surface area contributed by atoms with E-state index in [-0.39, 0.29) is 17.4 Å². The topological polar surface area (TPSA) is 105 Å². The van der Waals surface area contributed by atoms with Crippen LogP contribution in [0.4, 0.5) is 11.4 Å². The van der Waals surface area contributed by atoms with Crippen LogP contribution in [0.5, 0.6) is 0 Å². The molecule has 0 amide bonds. The highest BCUT2D eigenvalue weighted by Crippen LogP contribution is 2.30. The molecule has 2 aromatic rings. The van der Waals surface area contributed by atoms with E-state index in [9.17, 15) is 14.9 Å². The monoisotopic (exact) mass is 307 g/mol. The van der Waals surface area contributed by atoms with Crippen molar-refractivity contribution in [2.45, 2.75) is 19.9 Å². The maximum Gasteiger partial charge on any atom is 0.355 e. The molecule has 0 fully saturated rings. The third-order valence-corrected chi connectivity index (χ3v) is 3.86. The highest BCUT2D eigenvalue weighted by Gasteiger charge is 2.18. The van der Waals surface area contributed by atoms with Crippen molar-refractivity contribution in [2.24, 2.45) is 0 Å². The molecule has 2 N–H and O–H groups in total. The lowest BCUT2D eigenvalue weighted by Crippen LogP contribution is -2.09. The zero-order valence-electron chi connectivity index (χ0n) is 11.4. The summed E-state index contributed by atoms with van der Waals surface area (Å²) in [6, 6.07) is 4.46. The Hall–Kier alpha value is -2.48. The van der Waals surface area contributed by atoms with Gasteiger partial charge in [-0.3, -0.25) is 10.1 Å². The third-order valence-electron chi connectivity index (χ3n) is 2.83. The maximum absolute atomic E-state index is 11.0. The number of hydrogen-bond donors (Lipinski definition) is 2. The number of aryl methyl sites for hydroxylation is 1. The maximum atomic E-state index is 11.0. The van der Waals surface area contributed by atoms with Gasteiger partial charge in [0.15, 0.2) is 5.69 Å². The highest BCUT2D eigenvalue weighted by molar-refractivity contribution is 7.09. The largest absolute Gasteiger partial charge is 0.476 e. The number of carboxylic acid groups (broad SMARTS) is 1. The molecule has 1 aromatic carbocycles. The smallest absolute Gasteiger partial charge is 0.355 e. The van der Waals surface area contributed by atoms with E-state index in [1.165, 1.54) is 22.8 Å². The molecular formula is C13H13N3O4S. The van der Waals surface area contributed by atoms with Gasteiger partial charge in [0.2, 0.25) is 0 Å². The van der Waals surface area contributed by atoms with Crippen molar-refractivity contribution in [3.05, 3.63) is 50.0 Å². The first-order chi connectivity index (χ1) is 9.88. The molecule has 0 aliphatic rings. The number of aromatic nitrogens is 1. The molecule has 0 aliphatic heterocycles. The summed E-state index contributed by atoms with van der Waals surface area (Å²) < 4.78 is 0. The van der Waals surface area contributed by atoms with Crippen LogP contribution >= 0.6 is 11.3 Å². The number of thiazole rings is 1. The number of carboxylic acids is 1. The van der Waals surface area contributed by atoms with E-state index < -0.39 is 10.9 Å². The number of benzene rings is 1. The van der Waals surface area contributed by atoms with Gasteiger partial charge in [-0.1, -0.05) is 6.07 Å². The summed E-state index contributed by atoms with van der Waals surface area (Å²) in [5.74, 6) is -1.09. The molecule has 0 saturated carbocycles. The van der Waals surface area contributed by atoms with E-state index in [2.05, 4.69) is 10.3 Å². The number of nitro groups is 1. The summed E-state index contributed by atoms with van der Waals surface area (Å²) in [4.78, 5) is 25.4. The Kier molecular flexibility index (Phi) is 4.18. The Bertz CT molecular complexity index is 698. The molecule has 110 valence electrons. The van der Waals surface area contributed by atoms with Crippen molar-refractivity contribution in [3.63, 3.8) is 0 Å². The minimum absolute atomic E-state index is 0.0255. The number of anilines is 1. The van der Waals surface area contributed by atoms with Gasteiger partial charge in [-0.05, 0) is 25.5 Å². The van der Waals surface area contributed by atoms with Gasteiger partial charge in [0.05, 0.1) is 11.0 Å². The van der Waals surface area contributed by atoms with Crippen LogP contribution in [-0.2, 0) is 0 Å². The molecule has 2 rings (SSSR count). The van der Waals surface area contributed by atoms with Crippen LogP contribution in [0.2, 0.25) is 0 Å². The van der Waals surface area contributed by atoms with Crippen molar-refractivity contribution < 1.29 is 14.8 Å². The molecule has 0 spiro atoms. The summed E-state index contributed by atoms with van der Waals surface area (Å²) in [6.07, 6.45) is 0. The lowest BCUT2D eigenvalue weighted by atomic mass is 10.2. The number of rotatable bonds is 5. The van der Waals surface area contributed by atoms with Crippen molar-refractivity contribution in [1.29, 1.82) is 0 Å². The second-order valence-electron chi connectivity index (χ2n) is 4.52. The van der Waals surface area contributed by atoms with Gasteiger partial charge in [-0.2, -0.15) is 0 Å². The summed E-state index contributed by atoms with van der Waals surface area (Å²) in [5.41, 5.74) is 1.23. The Morgan fingerprint density at radius 3 is 2.81 bits per heavy atom. The van der Waals surface area contributed by atoms with Gasteiger partial charge in [0.1, 0.15) is 10.7 Å². The molecule has 1 unspecified atom stereocenters. The minimum Gasteiger partial charge on any atom is -0.476 e. The summed E-state index contributed by atoms with van der Waals surface area (Å²) in [7, 11) is 0. The number of aromatic carboxylic acids is 1. The van der Waals surface area contributed by atoms with Crippen LogP contribution in [0.15, 0.2) is 23.6 Å². The summed E-state index contributed by atoms with van der Waals surface area (Å²) >= 11 is 1.20. The van der Waals surface area contributed by atoms with Gasteiger partial charge in [0.25, 0.3) is 5.69 Å². The van der Waals surface area contributed by atoms with Crippen LogP contribution in [-0.4, -0.2) is 21.0 Å². The molecule has 0 bridgehead atoms. The lowest BCUT2D eigenvalue weighted by Gasteiger charge is -2.13. The van der Waals surface area contributed by atoms with E-state index in [1.54, 1.807) is 19.1 Å². The fraction of sp³-hybridized carbons (Fsp3) is 0.231. The average Bonchev–Trinajstić information content (AvgIpc) is 2.88. The SMILES string of the molecule is Cc1ccc([N+](=O)[O-])c(NC(C)c2nc(C(=O)O)cs2)c1. The van der Waals surface area contributed by atoms with E-state index in [1.807, 2.05) is 6.92 Å². The zero-order valence-corrected chi connectivity index (χ0v) is 12.2. The summed E-state index contributed by atoms with van der Waals surface area (Å²) in [6.45, 7) is 3.61. The summed E-state index contributed by atoms with van der Waals surface area (Å²) in [5, 5.41) is 24.9. The van der Waals surface area contributed by atoms with Gasteiger partial charge in [0, 0.05) is 11.4 Å². The predicted octanol–water partition coefficient (Wildman–Crippen LogP) is 3.23. The molecule has 1 aromatic heterocycles. The highest BCUT2D eigenvalue weighted by atomic mass is 32.1. The van der Waals surface area contributed by atoms with Crippen LogP contribution in [0.3, 0.4) is 0 Å². The number of carbonyl (C=O) groups is 1. The van der Waals surface area contributed by atoms with Crippen molar-refractivity contribution in [1.82, 2.24) is 4.98 Å². The second kappa shape index (κ2) is 5.88. The van der Waals surface area contributed by atoms with Crippen LogP contribution in [0.25, 0.3) is 0 Å². The van der Waals surface area contributed by atoms with E-state index in [4.69, 9.17) is 5.11 Å². The molecular weight excluding hydrogens is 294 g/mol. The number of nitrogens with one attached hydrogen (secondary N) is 1. The van der Waals surface area contributed by atoms with Crippen molar-refractivity contribution in [3.8, 4) is 0 Å². The Labute approximate surface area is 124 Å². The standard InChI is InChI=1S/C13H13N3O4S/c1-7-3-4-11(16(19)20)9(5-7)14-8(2)12-15-10(6-21-12)13(17)18/h3-6,8,14H,1-2H3,(H,17,18). The van der Waals surface area contributed by atoms with Gasteiger partial charge >= 0.3 is 5.97 Å². The zero-order chi connectivity index (χ0) is 15.6. The van der Waals surface area contributed by atoms with Gasteiger partial charge in [-0.15, -0.1) is 11.3 Å². The number of hydrogen-bond acceptors (Lipinski definition) is 6. The fourth-order valence-electron chi connectivity index (χ4n) is 1.80. The van der Waals surface area contributed by atoms with Crippen molar-refractivity contribution >= 4 is 28.7 Å². The molecule has 7 nitrogen and oxygen atoms in total. The Balaban J connectivity index is 2.26. The Morgan fingerprint density at radius 1 is 1.52 bits per heavy atom. The average molecular weight is 307 g/mol. The molecule has 8 heteroatoms. The number of nitrogens with zero attached hydrogens (tertiary/aromatic N) is 2. The normalized spacial score (nSPS) is 11.9. The van der Waals surface area contributed by atoms with E-state index >= 15 is 0 Å². The van der Waals surface area contributed by atoms with Crippen molar-refractivity contribution in [2.75, 3.05) is 5.32 Å². The molecule has 0 aliphatic carbocycles. The van der Waals surface area contributed by atoms with Gasteiger partial charge < -0.3 is 10.4 Å². The first-order valence-corrected chi connectivity index (χ1v) is 6.96. The molecule has 1 heterocycles. The molecule has 1 atom stereocenters. The first kappa shape index (κ1) is 14.9. The molecule has 0 radical (unpaired) electrons. The van der Waals surface area contributed by atoms with Crippen LogP contribution < -0.4 is 5.32 Å².